The Kier molecular flexibility index (Phi) is 3.78. The van der Waals surface area contributed by atoms with Crippen molar-refractivity contribution in [3.05, 3.63) is 12.7 Å². The Bertz CT molecular complexity index is 330. The van der Waals surface area contributed by atoms with Crippen LogP contribution in [0.1, 0.15) is 25.7 Å². The van der Waals surface area contributed by atoms with Gasteiger partial charge in [0.25, 0.3) is 0 Å². The standard InChI is InChI=1S/C12H19N3O2/c1-2-7-13-12(17)10-8-5-3-4-6-9(8)11(16)15-14-10/h2,8-10,14H,1,3-7H2,(H,13,17)(H,15,16). The van der Waals surface area contributed by atoms with E-state index in [2.05, 4.69) is 22.7 Å². The van der Waals surface area contributed by atoms with E-state index in [1.54, 1.807) is 6.08 Å². The second kappa shape index (κ2) is 5.31. The normalized spacial score (nSPS) is 32.2. The zero-order valence-electron chi connectivity index (χ0n) is 9.87. The van der Waals surface area contributed by atoms with E-state index in [4.69, 9.17) is 0 Å². The number of amides is 2. The zero-order valence-corrected chi connectivity index (χ0v) is 9.87. The van der Waals surface area contributed by atoms with Gasteiger partial charge in [-0.05, 0) is 18.8 Å². The topological polar surface area (TPSA) is 70.2 Å². The molecule has 5 nitrogen and oxygen atoms in total. The van der Waals surface area contributed by atoms with Gasteiger partial charge in [0.05, 0.1) is 0 Å². The number of hydrazine groups is 1. The summed E-state index contributed by atoms with van der Waals surface area (Å²) in [7, 11) is 0. The van der Waals surface area contributed by atoms with Gasteiger partial charge in [0, 0.05) is 12.5 Å². The Labute approximate surface area is 101 Å². The van der Waals surface area contributed by atoms with Crippen LogP contribution in [0.5, 0.6) is 0 Å². The Morgan fingerprint density at radius 3 is 3.00 bits per heavy atom. The van der Waals surface area contributed by atoms with Crippen molar-refractivity contribution in [2.45, 2.75) is 31.7 Å². The highest BCUT2D eigenvalue weighted by Crippen LogP contribution is 2.34. The highest BCUT2D eigenvalue weighted by molar-refractivity contribution is 5.87. The molecule has 2 rings (SSSR count). The van der Waals surface area contributed by atoms with Gasteiger partial charge < -0.3 is 5.32 Å². The highest BCUT2D eigenvalue weighted by Gasteiger charge is 2.42. The molecule has 2 fully saturated rings. The predicted octanol–water partition coefficient (Wildman–Crippen LogP) is 0.0980. The minimum absolute atomic E-state index is 0.00974. The molecule has 1 saturated heterocycles. The van der Waals surface area contributed by atoms with E-state index < -0.39 is 0 Å². The van der Waals surface area contributed by atoms with E-state index >= 15 is 0 Å². The van der Waals surface area contributed by atoms with Crippen LogP contribution in [-0.4, -0.2) is 24.4 Å². The van der Waals surface area contributed by atoms with E-state index in [0.29, 0.717) is 6.54 Å². The van der Waals surface area contributed by atoms with Crippen LogP contribution in [0.3, 0.4) is 0 Å². The summed E-state index contributed by atoms with van der Waals surface area (Å²) >= 11 is 0. The van der Waals surface area contributed by atoms with Gasteiger partial charge in [-0.25, -0.2) is 5.43 Å². The van der Waals surface area contributed by atoms with Crippen LogP contribution >= 0.6 is 0 Å². The van der Waals surface area contributed by atoms with Crippen molar-refractivity contribution < 1.29 is 9.59 Å². The van der Waals surface area contributed by atoms with Gasteiger partial charge in [-0.2, -0.15) is 0 Å². The van der Waals surface area contributed by atoms with Crippen molar-refractivity contribution in [3.63, 3.8) is 0 Å². The number of hydrogen-bond donors (Lipinski definition) is 3. The lowest BCUT2D eigenvalue weighted by atomic mass is 9.73. The maximum Gasteiger partial charge on any atom is 0.239 e. The number of rotatable bonds is 3. The van der Waals surface area contributed by atoms with Crippen molar-refractivity contribution in [3.8, 4) is 0 Å². The molecule has 0 spiro atoms. The van der Waals surface area contributed by atoms with Crippen LogP contribution in [-0.2, 0) is 9.59 Å². The lowest BCUT2D eigenvalue weighted by molar-refractivity contribution is -0.138. The number of carbonyl (C=O) groups is 2. The molecular formula is C12H19N3O2. The van der Waals surface area contributed by atoms with Crippen LogP contribution in [0, 0.1) is 11.8 Å². The lowest BCUT2D eigenvalue weighted by Gasteiger charge is -2.40. The fraction of sp³-hybridized carbons (Fsp3) is 0.667. The summed E-state index contributed by atoms with van der Waals surface area (Å²) in [5, 5.41) is 2.78. The fourth-order valence-electron chi connectivity index (χ4n) is 2.78. The van der Waals surface area contributed by atoms with E-state index in [1.807, 2.05) is 0 Å². The van der Waals surface area contributed by atoms with E-state index in [1.165, 1.54) is 0 Å². The quantitative estimate of drug-likeness (QED) is 0.610. The van der Waals surface area contributed by atoms with Crippen LogP contribution in [0.25, 0.3) is 0 Å². The number of hydrogen-bond acceptors (Lipinski definition) is 3. The second-order valence-corrected chi connectivity index (χ2v) is 4.70. The molecule has 1 aliphatic carbocycles. The Morgan fingerprint density at radius 2 is 2.24 bits per heavy atom. The first kappa shape index (κ1) is 12.1. The molecule has 3 N–H and O–H groups in total. The van der Waals surface area contributed by atoms with Crippen LogP contribution < -0.4 is 16.2 Å². The number of carbonyl (C=O) groups excluding carboxylic acids is 2. The molecule has 3 atom stereocenters. The van der Waals surface area contributed by atoms with Crippen molar-refractivity contribution in [1.82, 2.24) is 16.2 Å². The van der Waals surface area contributed by atoms with Crippen LogP contribution in [0.4, 0.5) is 0 Å². The lowest BCUT2D eigenvalue weighted by Crippen LogP contribution is -2.64. The molecule has 2 aliphatic rings. The van der Waals surface area contributed by atoms with Gasteiger partial charge in [-0.1, -0.05) is 18.9 Å². The van der Waals surface area contributed by atoms with E-state index in [9.17, 15) is 9.59 Å². The third-order valence-corrected chi connectivity index (χ3v) is 3.64. The van der Waals surface area contributed by atoms with Gasteiger partial charge in [-0.15, -0.1) is 6.58 Å². The van der Waals surface area contributed by atoms with E-state index in [-0.39, 0.29) is 29.7 Å². The Balaban J connectivity index is 2.04. The first-order valence-corrected chi connectivity index (χ1v) is 6.18. The van der Waals surface area contributed by atoms with Gasteiger partial charge >= 0.3 is 0 Å². The minimum Gasteiger partial charge on any atom is -0.351 e. The molecule has 0 aromatic rings. The molecule has 0 aromatic heterocycles. The van der Waals surface area contributed by atoms with Crippen molar-refractivity contribution in [1.29, 1.82) is 0 Å². The second-order valence-electron chi connectivity index (χ2n) is 4.70. The average molecular weight is 237 g/mol. The SMILES string of the molecule is C=CCNC(=O)C1NNC(=O)C2CCCCC21. The maximum absolute atomic E-state index is 11.9. The monoisotopic (exact) mass is 237 g/mol. The summed E-state index contributed by atoms with van der Waals surface area (Å²) in [6.45, 7) is 4.03. The summed E-state index contributed by atoms with van der Waals surface area (Å²) in [5.74, 6) is 0.0936. The predicted molar refractivity (Wildman–Crippen MR) is 63.7 cm³/mol. The van der Waals surface area contributed by atoms with E-state index in [0.717, 1.165) is 25.7 Å². The Hall–Kier alpha value is -1.36. The summed E-state index contributed by atoms with van der Waals surface area (Å²) in [5.41, 5.74) is 5.44. The van der Waals surface area contributed by atoms with Crippen molar-refractivity contribution >= 4 is 11.8 Å². The molecule has 17 heavy (non-hydrogen) atoms. The summed E-state index contributed by atoms with van der Waals surface area (Å²) in [4.78, 5) is 23.6. The summed E-state index contributed by atoms with van der Waals surface area (Å²) in [6.07, 6.45) is 5.66. The van der Waals surface area contributed by atoms with Crippen molar-refractivity contribution in [2.75, 3.05) is 6.54 Å². The number of nitrogens with one attached hydrogen (secondary N) is 3. The molecule has 1 aliphatic heterocycles. The van der Waals surface area contributed by atoms with Crippen molar-refractivity contribution in [2.24, 2.45) is 11.8 Å². The fourth-order valence-corrected chi connectivity index (χ4v) is 2.78. The maximum atomic E-state index is 11.9. The Morgan fingerprint density at radius 1 is 1.47 bits per heavy atom. The summed E-state index contributed by atoms with van der Waals surface area (Å²) < 4.78 is 0. The van der Waals surface area contributed by atoms with Crippen LogP contribution in [0.2, 0.25) is 0 Å². The highest BCUT2D eigenvalue weighted by atomic mass is 16.2. The largest absolute Gasteiger partial charge is 0.351 e. The first-order valence-electron chi connectivity index (χ1n) is 6.18. The third-order valence-electron chi connectivity index (χ3n) is 3.64. The molecule has 94 valence electrons. The van der Waals surface area contributed by atoms with Gasteiger partial charge in [-0.3, -0.25) is 15.0 Å². The molecule has 5 heteroatoms. The van der Waals surface area contributed by atoms with Gasteiger partial charge in [0.15, 0.2) is 0 Å². The van der Waals surface area contributed by atoms with Gasteiger partial charge in [0.1, 0.15) is 6.04 Å². The van der Waals surface area contributed by atoms with Gasteiger partial charge in [0.2, 0.25) is 11.8 Å². The minimum atomic E-state index is -0.307. The average Bonchev–Trinajstić information content (AvgIpc) is 2.37. The zero-order chi connectivity index (χ0) is 12.3. The molecular weight excluding hydrogens is 218 g/mol. The molecule has 2 amide bonds. The van der Waals surface area contributed by atoms with Crippen LogP contribution in [0.15, 0.2) is 12.7 Å². The molecule has 0 aromatic carbocycles. The summed E-state index contributed by atoms with van der Waals surface area (Å²) in [6, 6.07) is -0.307. The molecule has 3 unspecified atom stereocenters. The third kappa shape index (κ3) is 2.49. The molecule has 1 heterocycles. The molecule has 0 radical (unpaired) electrons. The number of fused-ring (bicyclic) bond motifs is 1. The molecule has 0 bridgehead atoms. The molecule has 1 saturated carbocycles. The smallest absolute Gasteiger partial charge is 0.239 e. The first-order chi connectivity index (χ1) is 8.24.